The van der Waals surface area contributed by atoms with Crippen LogP contribution in [0.1, 0.15) is 28.3 Å². The molecule has 3 aromatic carbocycles. The van der Waals surface area contributed by atoms with E-state index in [4.69, 9.17) is 5.41 Å². The number of nitrogens with one attached hydrogen (secondary N) is 2. The molecule has 0 saturated heterocycles. The van der Waals surface area contributed by atoms with E-state index in [1.165, 1.54) is 0 Å². The molecule has 0 amide bonds. The van der Waals surface area contributed by atoms with Gasteiger partial charge in [0, 0.05) is 6.54 Å². The molecule has 0 aliphatic heterocycles. The van der Waals surface area contributed by atoms with E-state index >= 15 is 0 Å². The van der Waals surface area contributed by atoms with Crippen LogP contribution < -0.4 is 10.3 Å². The molecule has 0 fully saturated rings. The number of rotatable bonds is 9. The number of nitrogens with zero attached hydrogens (tertiary/aromatic N) is 2. The SMILES string of the molecule is Cc1ccc(CC(CNS(=O)(=O)C(F)F)n2c(=N)n(Cc3ccc(C)cc3)c3ccccc32)cc1. The van der Waals surface area contributed by atoms with Crippen LogP contribution in [0.5, 0.6) is 0 Å². The van der Waals surface area contributed by atoms with Gasteiger partial charge in [-0.25, -0.2) is 13.1 Å². The van der Waals surface area contributed by atoms with Gasteiger partial charge < -0.3 is 9.13 Å². The number of imidazole rings is 1. The van der Waals surface area contributed by atoms with Crippen molar-refractivity contribution in [1.82, 2.24) is 13.9 Å². The highest BCUT2D eigenvalue weighted by molar-refractivity contribution is 7.89. The maximum atomic E-state index is 13.0. The van der Waals surface area contributed by atoms with E-state index in [0.717, 1.165) is 33.3 Å². The largest absolute Gasteiger partial charge is 0.350 e. The molecule has 1 unspecified atom stereocenters. The summed E-state index contributed by atoms with van der Waals surface area (Å²) in [5, 5.41) is 9.02. The smallest absolute Gasteiger partial charge is 0.306 e. The summed E-state index contributed by atoms with van der Waals surface area (Å²) in [5.74, 6) is -3.52. The number of fused-ring (bicyclic) bond motifs is 1. The molecule has 4 rings (SSSR count). The van der Waals surface area contributed by atoms with Gasteiger partial charge in [-0.1, -0.05) is 71.8 Å². The molecular formula is C26H28F2N4O2S. The Morgan fingerprint density at radius 3 is 1.97 bits per heavy atom. The number of benzene rings is 3. The van der Waals surface area contributed by atoms with Gasteiger partial charge in [-0.2, -0.15) is 8.78 Å². The zero-order valence-corrected chi connectivity index (χ0v) is 20.4. The molecule has 1 aromatic heterocycles. The first-order chi connectivity index (χ1) is 16.7. The monoisotopic (exact) mass is 498 g/mol. The summed E-state index contributed by atoms with van der Waals surface area (Å²) in [6.45, 7) is 4.16. The van der Waals surface area contributed by atoms with Crippen LogP contribution in [0.3, 0.4) is 0 Å². The molecule has 1 heterocycles. The van der Waals surface area contributed by atoms with Crippen molar-refractivity contribution >= 4 is 21.1 Å². The van der Waals surface area contributed by atoms with Crippen molar-refractivity contribution in [3.05, 3.63) is 101 Å². The average Bonchev–Trinajstić information content (AvgIpc) is 3.10. The van der Waals surface area contributed by atoms with Crippen molar-refractivity contribution in [2.75, 3.05) is 6.54 Å². The van der Waals surface area contributed by atoms with Crippen LogP contribution in [0.25, 0.3) is 11.0 Å². The van der Waals surface area contributed by atoms with E-state index in [1.807, 2.05) is 91.2 Å². The summed E-state index contributed by atoms with van der Waals surface area (Å²) in [6, 6.07) is 22.7. The third-order valence-corrected chi connectivity index (χ3v) is 7.13. The Morgan fingerprint density at radius 2 is 1.40 bits per heavy atom. The molecule has 2 N–H and O–H groups in total. The second kappa shape index (κ2) is 10.1. The molecule has 184 valence electrons. The fourth-order valence-electron chi connectivity index (χ4n) is 4.19. The highest BCUT2D eigenvalue weighted by atomic mass is 32.2. The first-order valence-electron chi connectivity index (χ1n) is 11.3. The van der Waals surface area contributed by atoms with E-state index in [2.05, 4.69) is 4.72 Å². The number of halogens is 2. The summed E-state index contributed by atoms with van der Waals surface area (Å²) in [7, 11) is -4.78. The lowest BCUT2D eigenvalue weighted by Gasteiger charge is -2.21. The Balaban J connectivity index is 1.80. The van der Waals surface area contributed by atoms with Gasteiger partial charge in [-0.15, -0.1) is 0 Å². The second-order valence-electron chi connectivity index (χ2n) is 8.75. The normalized spacial score (nSPS) is 12.9. The van der Waals surface area contributed by atoms with Gasteiger partial charge >= 0.3 is 5.76 Å². The summed E-state index contributed by atoms with van der Waals surface area (Å²) < 4.78 is 55.5. The van der Waals surface area contributed by atoms with E-state index in [1.54, 1.807) is 4.57 Å². The van der Waals surface area contributed by atoms with Crippen LogP contribution in [0, 0.1) is 19.3 Å². The zero-order chi connectivity index (χ0) is 25.2. The molecule has 9 heteroatoms. The molecule has 0 spiro atoms. The molecule has 1 atom stereocenters. The molecule has 6 nitrogen and oxygen atoms in total. The van der Waals surface area contributed by atoms with E-state index < -0.39 is 21.8 Å². The Hall–Kier alpha value is -3.30. The number of aromatic nitrogens is 2. The van der Waals surface area contributed by atoms with E-state index in [-0.39, 0.29) is 12.2 Å². The van der Waals surface area contributed by atoms with Crippen LogP contribution in [0.2, 0.25) is 0 Å². The Bertz CT molecular complexity index is 1470. The number of alkyl halides is 2. The predicted molar refractivity (Wildman–Crippen MR) is 133 cm³/mol. The van der Waals surface area contributed by atoms with Crippen LogP contribution in [-0.4, -0.2) is 29.9 Å². The molecule has 0 aliphatic rings. The Labute approximate surface area is 203 Å². The van der Waals surface area contributed by atoms with Gasteiger partial charge in [0.2, 0.25) is 5.62 Å². The molecular weight excluding hydrogens is 470 g/mol. The number of hydrogen-bond donors (Lipinski definition) is 2. The minimum absolute atomic E-state index is 0.167. The topological polar surface area (TPSA) is 79.9 Å². The van der Waals surface area contributed by atoms with Crippen molar-refractivity contribution in [3.63, 3.8) is 0 Å². The van der Waals surface area contributed by atoms with Crippen molar-refractivity contribution < 1.29 is 17.2 Å². The lowest BCUT2D eigenvalue weighted by molar-refractivity contribution is 0.232. The third-order valence-electron chi connectivity index (χ3n) is 6.09. The predicted octanol–water partition coefficient (Wildman–Crippen LogP) is 4.51. The van der Waals surface area contributed by atoms with Crippen molar-refractivity contribution in [2.24, 2.45) is 0 Å². The Kier molecular flexibility index (Phi) is 7.18. The minimum Gasteiger partial charge on any atom is -0.306 e. The van der Waals surface area contributed by atoms with Gasteiger partial charge in [-0.3, -0.25) is 5.41 Å². The van der Waals surface area contributed by atoms with Gasteiger partial charge in [0.05, 0.1) is 23.6 Å². The Morgan fingerprint density at radius 1 is 0.857 bits per heavy atom. The van der Waals surface area contributed by atoms with E-state index in [0.29, 0.717) is 13.0 Å². The molecule has 0 bridgehead atoms. The first-order valence-corrected chi connectivity index (χ1v) is 12.8. The lowest BCUT2D eigenvalue weighted by Crippen LogP contribution is -2.38. The lowest BCUT2D eigenvalue weighted by atomic mass is 10.0. The average molecular weight is 499 g/mol. The molecule has 35 heavy (non-hydrogen) atoms. The number of aryl methyl sites for hydroxylation is 2. The summed E-state index contributed by atoms with van der Waals surface area (Å²) >= 11 is 0. The summed E-state index contributed by atoms with van der Waals surface area (Å²) in [6.07, 6.45) is 0.362. The van der Waals surface area contributed by atoms with Crippen LogP contribution in [0.15, 0.2) is 72.8 Å². The molecule has 0 aliphatic carbocycles. The van der Waals surface area contributed by atoms with Crippen molar-refractivity contribution in [2.45, 2.75) is 38.6 Å². The molecule has 0 saturated carbocycles. The highest BCUT2D eigenvalue weighted by Gasteiger charge is 2.27. The summed E-state index contributed by atoms with van der Waals surface area (Å²) in [4.78, 5) is 0. The fourth-order valence-corrected chi connectivity index (χ4v) is 4.74. The fraction of sp³-hybridized carbons (Fsp3) is 0.269. The number of hydrogen-bond acceptors (Lipinski definition) is 3. The van der Waals surface area contributed by atoms with Crippen LogP contribution in [0.4, 0.5) is 8.78 Å². The van der Waals surface area contributed by atoms with Crippen molar-refractivity contribution in [3.8, 4) is 0 Å². The summed E-state index contributed by atoms with van der Waals surface area (Å²) in [5.41, 5.74) is 5.86. The maximum absolute atomic E-state index is 13.0. The number of sulfonamides is 1. The number of para-hydroxylation sites is 2. The van der Waals surface area contributed by atoms with Gasteiger partial charge in [0.25, 0.3) is 10.0 Å². The second-order valence-corrected chi connectivity index (χ2v) is 10.5. The van der Waals surface area contributed by atoms with Gasteiger partial charge in [-0.05, 0) is 43.5 Å². The standard InChI is InChI=1S/C26H28F2N4O2S/c1-18-7-11-20(12-8-18)15-22(16-30-35(33,34)25(27)28)32-24-6-4-3-5-23(24)31(26(32)29)17-21-13-9-19(2)10-14-21/h3-14,22,25,29-30H,15-17H2,1-2H3. The molecule has 4 aromatic rings. The van der Waals surface area contributed by atoms with Gasteiger partial charge in [0.1, 0.15) is 0 Å². The van der Waals surface area contributed by atoms with E-state index in [9.17, 15) is 17.2 Å². The van der Waals surface area contributed by atoms with Crippen molar-refractivity contribution in [1.29, 1.82) is 5.41 Å². The molecule has 0 radical (unpaired) electrons. The van der Waals surface area contributed by atoms with Gasteiger partial charge in [0.15, 0.2) is 0 Å². The zero-order valence-electron chi connectivity index (χ0n) is 19.6. The highest BCUT2D eigenvalue weighted by Crippen LogP contribution is 2.22. The maximum Gasteiger partial charge on any atom is 0.350 e. The third kappa shape index (κ3) is 5.52. The van der Waals surface area contributed by atoms with Crippen LogP contribution in [-0.2, 0) is 23.0 Å². The minimum atomic E-state index is -4.78. The quantitative estimate of drug-likeness (QED) is 0.356. The first kappa shape index (κ1) is 24.8. The van der Waals surface area contributed by atoms with Crippen LogP contribution >= 0.6 is 0 Å².